The Kier molecular flexibility index (Phi) is 5.99. The van der Waals surface area contributed by atoms with Crippen molar-refractivity contribution in [2.75, 3.05) is 7.11 Å². The minimum atomic E-state index is -4.05. The lowest BCUT2D eigenvalue weighted by Gasteiger charge is -2.06. The first-order valence-electron chi connectivity index (χ1n) is 7.86. The van der Waals surface area contributed by atoms with Crippen molar-refractivity contribution in [3.05, 3.63) is 64.1 Å². The van der Waals surface area contributed by atoms with E-state index in [0.717, 1.165) is 16.6 Å². The summed E-state index contributed by atoms with van der Waals surface area (Å²) in [6, 6.07) is 11.2. The van der Waals surface area contributed by atoms with E-state index in [4.69, 9.17) is 26.2 Å². The highest BCUT2D eigenvalue weighted by molar-refractivity contribution is 7.89. The fraction of sp³-hybridized carbons (Fsp3) is 0.111. The molecule has 10 heteroatoms. The minimum absolute atomic E-state index is 0.0247. The number of aromatic nitrogens is 1. The van der Waals surface area contributed by atoms with Gasteiger partial charge in [-0.1, -0.05) is 23.7 Å². The van der Waals surface area contributed by atoms with E-state index < -0.39 is 16.0 Å². The number of hydrogen-bond acceptors (Lipinski definition) is 7. The molecule has 3 aromatic rings. The standard InChI is InChI=1S/C18H15ClN2O5S2/c1-25-14-4-2-3-11(7-14)17-21-13(10-27-17)9-26-18(22)12-5-6-15(19)16(8-12)28(20,23)24/h2-8,10H,9H2,1H3,(H2,20,23,24). The zero-order valence-corrected chi connectivity index (χ0v) is 17.0. The molecule has 7 nitrogen and oxygen atoms in total. The number of rotatable bonds is 6. The van der Waals surface area contributed by atoms with Gasteiger partial charge in [0.2, 0.25) is 10.0 Å². The molecule has 1 heterocycles. The van der Waals surface area contributed by atoms with E-state index in [1.165, 1.54) is 23.5 Å². The number of carbonyl (C=O) groups excluding carboxylic acids is 1. The zero-order valence-electron chi connectivity index (χ0n) is 14.6. The summed E-state index contributed by atoms with van der Waals surface area (Å²) in [6.45, 7) is -0.0629. The second kappa shape index (κ2) is 8.27. The van der Waals surface area contributed by atoms with E-state index in [2.05, 4.69) is 4.98 Å². The normalized spacial score (nSPS) is 11.2. The number of primary sulfonamides is 1. The van der Waals surface area contributed by atoms with E-state index in [0.29, 0.717) is 11.4 Å². The Hall–Kier alpha value is -2.46. The Bertz CT molecular complexity index is 1130. The van der Waals surface area contributed by atoms with Crippen LogP contribution in [0.3, 0.4) is 0 Å². The van der Waals surface area contributed by atoms with Crippen LogP contribution in [0.5, 0.6) is 5.75 Å². The first-order valence-corrected chi connectivity index (χ1v) is 10.7. The number of esters is 1. The predicted molar refractivity (Wildman–Crippen MR) is 106 cm³/mol. The molecular weight excluding hydrogens is 424 g/mol. The Balaban J connectivity index is 1.71. The van der Waals surface area contributed by atoms with Gasteiger partial charge >= 0.3 is 5.97 Å². The summed E-state index contributed by atoms with van der Waals surface area (Å²) in [5.41, 5.74) is 1.48. The van der Waals surface area contributed by atoms with Crippen molar-refractivity contribution in [3.63, 3.8) is 0 Å². The van der Waals surface area contributed by atoms with E-state index in [1.807, 2.05) is 24.3 Å². The van der Waals surface area contributed by atoms with Gasteiger partial charge in [0.25, 0.3) is 0 Å². The maximum atomic E-state index is 12.2. The van der Waals surface area contributed by atoms with Crippen molar-refractivity contribution in [1.82, 2.24) is 4.98 Å². The highest BCUT2D eigenvalue weighted by Gasteiger charge is 2.17. The maximum Gasteiger partial charge on any atom is 0.338 e. The Labute approximate surface area is 170 Å². The largest absolute Gasteiger partial charge is 0.497 e. The van der Waals surface area contributed by atoms with E-state index in [9.17, 15) is 13.2 Å². The number of thiazole rings is 1. The molecule has 0 unspecified atom stereocenters. The number of benzene rings is 2. The van der Waals surface area contributed by atoms with Crippen LogP contribution in [0.2, 0.25) is 5.02 Å². The van der Waals surface area contributed by atoms with Crippen LogP contribution >= 0.6 is 22.9 Å². The SMILES string of the molecule is COc1cccc(-c2nc(COC(=O)c3ccc(Cl)c(S(N)(=O)=O)c3)cs2)c1. The number of halogens is 1. The highest BCUT2D eigenvalue weighted by atomic mass is 35.5. The third-order valence-electron chi connectivity index (χ3n) is 3.69. The van der Waals surface area contributed by atoms with Gasteiger partial charge in [-0.25, -0.2) is 23.3 Å². The molecule has 0 radical (unpaired) electrons. The average Bonchev–Trinajstić information content (AvgIpc) is 3.14. The fourth-order valence-electron chi connectivity index (χ4n) is 2.33. The van der Waals surface area contributed by atoms with E-state index >= 15 is 0 Å². The number of nitrogens with zero attached hydrogens (tertiary/aromatic N) is 1. The quantitative estimate of drug-likeness (QED) is 0.590. The van der Waals surface area contributed by atoms with Crippen molar-refractivity contribution in [2.45, 2.75) is 11.5 Å². The van der Waals surface area contributed by atoms with Crippen LogP contribution in [0.15, 0.2) is 52.7 Å². The Morgan fingerprint density at radius 3 is 2.75 bits per heavy atom. The van der Waals surface area contributed by atoms with Crippen LogP contribution in [0.25, 0.3) is 10.6 Å². The first kappa shape index (κ1) is 20.3. The molecule has 3 rings (SSSR count). The molecule has 146 valence electrons. The van der Waals surface area contributed by atoms with Gasteiger partial charge in [-0.3, -0.25) is 0 Å². The second-order valence-corrected chi connectivity index (χ2v) is 8.44. The fourth-order valence-corrected chi connectivity index (χ4v) is 4.21. The van der Waals surface area contributed by atoms with Gasteiger partial charge in [0.1, 0.15) is 22.3 Å². The zero-order chi connectivity index (χ0) is 20.3. The predicted octanol–water partition coefficient (Wildman–Crippen LogP) is 3.48. The molecule has 28 heavy (non-hydrogen) atoms. The summed E-state index contributed by atoms with van der Waals surface area (Å²) in [6.07, 6.45) is 0. The summed E-state index contributed by atoms with van der Waals surface area (Å²) >= 11 is 7.22. The number of ether oxygens (including phenoxy) is 2. The molecule has 0 fully saturated rings. The van der Waals surface area contributed by atoms with Crippen molar-refractivity contribution in [1.29, 1.82) is 0 Å². The van der Waals surface area contributed by atoms with Crippen molar-refractivity contribution >= 4 is 38.9 Å². The third-order valence-corrected chi connectivity index (χ3v) is 6.03. The molecule has 0 saturated heterocycles. The number of hydrogen-bond donors (Lipinski definition) is 1. The molecule has 0 aliphatic heterocycles. The van der Waals surface area contributed by atoms with Crippen LogP contribution in [0.1, 0.15) is 16.1 Å². The molecule has 0 atom stereocenters. The molecule has 0 aliphatic rings. The van der Waals surface area contributed by atoms with Crippen molar-refractivity contribution in [2.24, 2.45) is 5.14 Å². The molecule has 1 aromatic heterocycles. The number of methoxy groups -OCH3 is 1. The lowest BCUT2D eigenvalue weighted by molar-refractivity contribution is 0.0468. The topological polar surface area (TPSA) is 109 Å². The summed E-state index contributed by atoms with van der Waals surface area (Å²) in [5.74, 6) is 0.00609. The average molecular weight is 439 g/mol. The van der Waals surface area contributed by atoms with Crippen molar-refractivity contribution in [3.8, 4) is 16.3 Å². The van der Waals surface area contributed by atoms with Crippen LogP contribution in [-0.4, -0.2) is 26.5 Å². The third kappa shape index (κ3) is 4.68. The first-order chi connectivity index (χ1) is 13.3. The molecular formula is C18H15ClN2O5S2. The van der Waals surface area contributed by atoms with E-state index in [-0.39, 0.29) is 22.1 Å². The van der Waals surface area contributed by atoms with Gasteiger partial charge in [0, 0.05) is 10.9 Å². The Morgan fingerprint density at radius 1 is 1.25 bits per heavy atom. The summed E-state index contributed by atoms with van der Waals surface area (Å²) in [7, 11) is -2.46. The Morgan fingerprint density at radius 2 is 2.04 bits per heavy atom. The number of carbonyl (C=O) groups is 1. The van der Waals surface area contributed by atoms with Crippen LogP contribution in [0.4, 0.5) is 0 Å². The van der Waals surface area contributed by atoms with Crippen LogP contribution in [-0.2, 0) is 21.4 Å². The van der Waals surface area contributed by atoms with Crippen LogP contribution in [0, 0.1) is 0 Å². The highest BCUT2D eigenvalue weighted by Crippen LogP contribution is 2.27. The van der Waals surface area contributed by atoms with Gasteiger partial charge < -0.3 is 9.47 Å². The van der Waals surface area contributed by atoms with Crippen molar-refractivity contribution < 1.29 is 22.7 Å². The summed E-state index contributed by atoms with van der Waals surface area (Å²) in [4.78, 5) is 16.3. The molecule has 2 N–H and O–H groups in total. The van der Waals surface area contributed by atoms with Crippen LogP contribution < -0.4 is 9.88 Å². The molecule has 0 bridgehead atoms. The maximum absolute atomic E-state index is 12.2. The number of sulfonamides is 1. The molecule has 0 saturated carbocycles. The molecule has 0 amide bonds. The van der Waals surface area contributed by atoms with Gasteiger partial charge in [-0.05, 0) is 30.3 Å². The molecule has 2 aromatic carbocycles. The molecule has 0 aliphatic carbocycles. The lowest BCUT2D eigenvalue weighted by Crippen LogP contribution is -2.14. The second-order valence-electron chi connectivity index (χ2n) is 5.64. The van der Waals surface area contributed by atoms with Gasteiger partial charge in [0.05, 0.1) is 23.4 Å². The lowest BCUT2D eigenvalue weighted by atomic mass is 10.2. The molecule has 0 spiro atoms. The van der Waals surface area contributed by atoms with E-state index in [1.54, 1.807) is 12.5 Å². The summed E-state index contributed by atoms with van der Waals surface area (Å²) < 4.78 is 33.4. The number of nitrogens with two attached hydrogens (primary N) is 1. The smallest absolute Gasteiger partial charge is 0.338 e. The summed E-state index contributed by atoms with van der Waals surface area (Å²) in [5, 5.41) is 7.56. The monoisotopic (exact) mass is 438 g/mol. The van der Waals surface area contributed by atoms with Gasteiger partial charge in [0.15, 0.2) is 0 Å². The van der Waals surface area contributed by atoms with Gasteiger partial charge in [-0.15, -0.1) is 11.3 Å². The van der Waals surface area contributed by atoms with Gasteiger partial charge in [-0.2, -0.15) is 0 Å². The minimum Gasteiger partial charge on any atom is -0.497 e.